The average Bonchev–Trinajstić information content (AvgIpc) is 2.25. The van der Waals surface area contributed by atoms with Gasteiger partial charge >= 0.3 is 0 Å². The van der Waals surface area contributed by atoms with Crippen molar-refractivity contribution in [3.63, 3.8) is 0 Å². The fourth-order valence-electron chi connectivity index (χ4n) is 1.15. The molecule has 0 aromatic carbocycles. The molecule has 2 nitrogen and oxygen atoms in total. The van der Waals surface area contributed by atoms with Crippen molar-refractivity contribution in [2.45, 2.75) is 34.0 Å². The molecule has 0 saturated heterocycles. The minimum absolute atomic E-state index is 0.250. The topological polar surface area (TPSA) is 18.5 Å². The zero-order chi connectivity index (χ0) is 12.6. The lowest BCUT2D eigenvalue weighted by molar-refractivity contribution is -0.0746. The van der Waals surface area contributed by atoms with E-state index in [1.54, 1.807) is 14.2 Å². The van der Waals surface area contributed by atoms with Crippen LogP contribution < -0.4 is 0 Å². The Balaban J connectivity index is 4.36. The molecule has 0 bridgehead atoms. The lowest BCUT2D eigenvalue weighted by Gasteiger charge is -2.12. The molecule has 0 unspecified atom stereocenters. The Labute approximate surface area is 99.6 Å². The van der Waals surface area contributed by atoms with E-state index in [-0.39, 0.29) is 6.29 Å². The fourth-order valence-corrected chi connectivity index (χ4v) is 1.15. The van der Waals surface area contributed by atoms with E-state index in [2.05, 4.69) is 26.8 Å². The molecule has 0 aromatic rings. The summed E-state index contributed by atoms with van der Waals surface area (Å²) in [4.78, 5) is 0. The third-order valence-corrected chi connectivity index (χ3v) is 2.54. The normalized spacial score (nSPS) is 14.5. The molecule has 0 atom stereocenters. The first-order valence-electron chi connectivity index (χ1n) is 5.60. The average molecular weight is 224 g/mol. The van der Waals surface area contributed by atoms with E-state index in [0.717, 1.165) is 5.57 Å². The molecule has 0 aliphatic rings. The van der Waals surface area contributed by atoms with E-state index in [4.69, 9.17) is 9.47 Å². The van der Waals surface area contributed by atoms with Crippen LogP contribution in [-0.4, -0.2) is 20.5 Å². The highest BCUT2D eigenvalue weighted by atomic mass is 16.7. The van der Waals surface area contributed by atoms with Crippen molar-refractivity contribution in [3.8, 4) is 0 Å². The van der Waals surface area contributed by atoms with Gasteiger partial charge < -0.3 is 9.47 Å². The van der Waals surface area contributed by atoms with Crippen molar-refractivity contribution in [2.75, 3.05) is 14.2 Å². The minimum Gasteiger partial charge on any atom is -0.352 e. The lowest BCUT2D eigenvalue weighted by atomic mass is 10.1. The van der Waals surface area contributed by atoms with Crippen molar-refractivity contribution < 1.29 is 9.47 Å². The highest BCUT2D eigenvalue weighted by Crippen LogP contribution is 2.08. The Morgan fingerprint density at radius 3 is 1.69 bits per heavy atom. The first-order valence-corrected chi connectivity index (χ1v) is 5.60. The van der Waals surface area contributed by atoms with Gasteiger partial charge in [-0.15, -0.1) is 0 Å². The molecule has 0 heterocycles. The summed E-state index contributed by atoms with van der Waals surface area (Å²) in [7, 11) is 3.27. The largest absolute Gasteiger partial charge is 0.352 e. The molecule has 2 heteroatoms. The van der Waals surface area contributed by atoms with Gasteiger partial charge in [-0.25, -0.2) is 0 Å². The van der Waals surface area contributed by atoms with E-state index in [0.29, 0.717) is 5.92 Å². The second kappa shape index (κ2) is 8.31. The van der Waals surface area contributed by atoms with Crippen LogP contribution in [0.3, 0.4) is 0 Å². The lowest BCUT2D eigenvalue weighted by Crippen LogP contribution is -2.13. The molecule has 0 aliphatic carbocycles. The van der Waals surface area contributed by atoms with Crippen LogP contribution in [0.5, 0.6) is 0 Å². The monoisotopic (exact) mass is 224 g/mol. The number of methoxy groups -OCH3 is 2. The number of hydrogen-bond acceptors (Lipinski definition) is 2. The predicted octanol–water partition coefficient (Wildman–Crippen LogP) is 3.71. The number of ether oxygens (including phenoxy) is 2. The van der Waals surface area contributed by atoms with Gasteiger partial charge in [0.15, 0.2) is 6.29 Å². The summed E-state index contributed by atoms with van der Waals surface area (Å²) in [5.74, 6) is 0.598. The molecular formula is C14H24O2. The Hall–Kier alpha value is -0.860. The van der Waals surface area contributed by atoms with Crippen LogP contribution in [0.1, 0.15) is 27.7 Å². The SMILES string of the molecule is COC(OC)/C(C)=C/C=C/C=C(C)C(C)C. The zero-order valence-corrected chi connectivity index (χ0v) is 11.3. The van der Waals surface area contributed by atoms with E-state index in [1.165, 1.54) is 5.57 Å². The highest BCUT2D eigenvalue weighted by Gasteiger charge is 2.04. The van der Waals surface area contributed by atoms with E-state index in [9.17, 15) is 0 Å². The summed E-state index contributed by atoms with van der Waals surface area (Å²) in [5.41, 5.74) is 2.43. The van der Waals surface area contributed by atoms with Crippen molar-refractivity contribution >= 4 is 0 Å². The van der Waals surface area contributed by atoms with Crippen LogP contribution in [0, 0.1) is 5.92 Å². The quantitative estimate of drug-likeness (QED) is 0.506. The third-order valence-electron chi connectivity index (χ3n) is 2.54. The standard InChI is InChI=1S/C14H24O2/c1-11(2)12(3)9-7-8-10-13(4)14(15-5)16-6/h7-11,14H,1-6H3/b8-7+,12-9?,13-10+. The summed E-state index contributed by atoms with van der Waals surface area (Å²) in [6, 6.07) is 0. The van der Waals surface area contributed by atoms with Crippen molar-refractivity contribution in [2.24, 2.45) is 5.92 Å². The van der Waals surface area contributed by atoms with Gasteiger partial charge in [0.05, 0.1) is 0 Å². The van der Waals surface area contributed by atoms with E-state index >= 15 is 0 Å². The number of hydrogen-bond donors (Lipinski definition) is 0. The molecule has 0 aliphatic heterocycles. The van der Waals surface area contributed by atoms with Gasteiger partial charge in [-0.3, -0.25) is 0 Å². The summed E-state index contributed by atoms with van der Waals surface area (Å²) < 4.78 is 10.3. The zero-order valence-electron chi connectivity index (χ0n) is 11.3. The van der Waals surface area contributed by atoms with Crippen LogP contribution >= 0.6 is 0 Å². The van der Waals surface area contributed by atoms with Crippen LogP contribution in [0.4, 0.5) is 0 Å². The molecule has 92 valence electrons. The maximum atomic E-state index is 5.14. The summed E-state index contributed by atoms with van der Waals surface area (Å²) in [5, 5.41) is 0. The first kappa shape index (κ1) is 15.1. The van der Waals surface area contributed by atoms with E-state index in [1.807, 2.05) is 25.2 Å². The summed E-state index contributed by atoms with van der Waals surface area (Å²) in [6.07, 6.45) is 7.93. The maximum absolute atomic E-state index is 5.14. The van der Waals surface area contributed by atoms with Crippen LogP contribution in [0.15, 0.2) is 35.5 Å². The van der Waals surface area contributed by atoms with Gasteiger partial charge in [0, 0.05) is 14.2 Å². The Bertz CT molecular complexity index is 268. The summed E-state index contributed by atoms with van der Waals surface area (Å²) in [6.45, 7) is 8.50. The summed E-state index contributed by atoms with van der Waals surface area (Å²) >= 11 is 0. The van der Waals surface area contributed by atoms with Crippen molar-refractivity contribution in [1.29, 1.82) is 0 Å². The fraction of sp³-hybridized carbons (Fsp3) is 0.571. The van der Waals surface area contributed by atoms with Crippen LogP contribution in [0.2, 0.25) is 0 Å². The molecule has 0 saturated carbocycles. The van der Waals surface area contributed by atoms with Crippen LogP contribution in [-0.2, 0) is 9.47 Å². The van der Waals surface area contributed by atoms with Gasteiger partial charge in [0.2, 0.25) is 0 Å². The minimum atomic E-state index is -0.250. The van der Waals surface area contributed by atoms with Crippen LogP contribution in [0.25, 0.3) is 0 Å². The Morgan fingerprint density at radius 1 is 0.875 bits per heavy atom. The smallest absolute Gasteiger partial charge is 0.179 e. The van der Waals surface area contributed by atoms with Gasteiger partial charge in [-0.1, -0.05) is 43.7 Å². The van der Waals surface area contributed by atoms with Gasteiger partial charge in [-0.2, -0.15) is 0 Å². The van der Waals surface area contributed by atoms with E-state index < -0.39 is 0 Å². The number of rotatable bonds is 6. The molecule has 0 spiro atoms. The molecule has 0 rings (SSSR count). The molecule has 0 amide bonds. The molecule has 0 aromatic heterocycles. The molecular weight excluding hydrogens is 200 g/mol. The van der Waals surface area contributed by atoms with Crippen molar-refractivity contribution in [3.05, 3.63) is 35.5 Å². The molecule has 0 N–H and O–H groups in total. The maximum Gasteiger partial charge on any atom is 0.179 e. The Morgan fingerprint density at radius 2 is 1.31 bits per heavy atom. The third kappa shape index (κ3) is 5.89. The van der Waals surface area contributed by atoms with Gasteiger partial charge in [0.25, 0.3) is 0 Å². The van der Waals surface area contributed by atoms with Gasteiger partial charge in [-0.05, 0) is 25.3 Å². The first-order chi connectivity index (χ1) is 7.52. The Kier molecular flexibility index (Phi) is 7.86. The molecule has 0 fully saturated rings. The number of allylic oxidation sites excluding steroid dienone is 5. The highest BCUT2D eigenvalue weighted by molar-refractivity contribution is 5.19. The second-order valence-electron chi connectivity index (χ2n) is 4.16. The predicted molar refractivity (Wildman–Crippen MR) is 69.3 cm³/mol. The second-order valence-corrected chi connectivity index (χ2v) is 4.16. The molecule has 16 heavy (non-hydrogen) atoms. The van der Waals surface area contributed by atoms with Gasteiger partial charge in [0.1, 0.15) is 0 Å². The van der Waals surface area contributed by atoms with Crippen molar-refractivity contribution in [1.82, 2.24) is 0 Å². The molecule has 0 radical (unpaired) electrons.